The van der Waals surface area contributed by atoms with Gasteiger partial charge in [0.05, 0.1) is 13.2 Å². The molecule has 0 aliphatic heterocycles. The topological polar surface area (TPSA) is 52.6 Å². The van der Waals surface area contributed by atoms with Gasteiger partial charge in [0.25, 0.3) is 0 Å². The summed E-state index contributed by atoms with van der Waals surface area (Å²) in [6, 6.07) is 6.44. The largest absolute Gasteiger partial charge is 0.338 e. The molecule has 0 amide bonds. The zero-order chi connectivity index (χ0) is 20.9. The summed E-state index contributed by atoms with van der Waals surface area (Å²) in [5.41, 5.74) is 3.41. The number of ketones is 1. The first kappa shape index (κ1) is 23.8. The molecule has 0 N–H and O–H groups in total. The van der Waals surface area contributed by atoms with Crippen molar-refractivity contribution in [1.29, 1.82) is 0 Å². The van der Waals surface area contributed by atoms with Crippen molar-refractivity contribution in [2.24, 2.45) is 0 Å². The Morgan fingerprint density at radius 2 is 1.37 bits per heavy atom. The molecule has 5 heteroatoms. The molecule has 0 aliphatic carbocycles. The molecule has 0 aromatic heterocycles. The summed E-state index contributed by atoms with van der Waals surface area (Å²) in [6.45, 7) is 17.0. The predicted molar refractivity (Wildman–Crippen MR) is 114 cm³/mol. The van der Waals surface area contributed by atoms with Crippen LogP contribution in [-0.2, 0) is 29.2 Å². The van der Waals surface area contributed by atoms with Crippen LogP contribution in [-0.4, -0.2) is 25.2 Å². The van der Waals surface area contributed by atoms with Crippen molar-refractivity contribution in [2.45, 2.75) is 66.2 Å². The highest BCUT2D eigenvalue weighted by molar-refractivity contribution is 7.54. The number of benzene rings is 1. The van der Waals surface area contributed by atoms with E-state index in [0.29, 0.717) is 0 Å². The highest BCUT2D eigenvalue weighted by atomic mass is 31.2. The lowest BCUT2D eigenvalue weighted by atomic mass is 9.79. The first-order valence-corrected chi connectivity index (χ1v) is 11.3. The number of hydrogen-bond acceptors (Lipinski definition) is 4. The molecule has 4 nitrogen and oxygen atoms in total. The van der Waals surface area contributed by atoms with Gasteiger partial charge in [0, 0.05) is 0 Å². The number of carbonyl (C=O) groups excluding carboxylic acids is 1. The molecule has 0 saturated carbocycles. The number of rotatable bonds is 8. The summed E-state index contributed by atoms with van der Waals surface area (Å²) in [5.74, 6) is -0.265. The van der Waals surface area contributed by atoms with E-state index in [-0.39, 0.29) is 36.0 Å². The average Bonchev–Trinajstić information content (AvgIpc) is 2.51. The fraction of sp³-hybridized carbons (Fsp3) is 0.591. The van der Waals surface area contributed by atoms with Gasteiger partial charge in [0.15, 0.2) is 5.78 Å². The van der Waals surface area contributed by atoms with Gasteiger partial charge in [-0.25, -0.2) is 0 Å². The molecular formula is C22H35O4P. The molecule has 0 atom stereocenters. The van der Waals surface area contributed by atoms with E-state index >= 15 is 0 Å². The molecule has 0 saturated heterocycles. The van der Waals surface area contributed by atoms with Crippen LogP contribution in [0.25, 0.3) is 6.08 Å². The fourth-order valence-corrected chi connectivity index (χ4v) is 4.10. The monoisotopic (exact) mass is 394 g/mol. The van der Waals surface area contributed by atoms with Crippen molar-refractivity contribution >= 4 is 19.5 Å². The van der Waals surface area contributed by atoms with Crippen molar-refractivity contribution < 1.29 is 18.4 Å². The van der Waals surface area contributed by atoms with Crippen LogP contribution in [0.2, 0.25) is 0 Å². The van der Waals surface area contributed by atoms with Gasteiger partial charge in [-0.15, -0.1) is 0 Å². The zero-order valence-corrected chi connectivity index (χ0v) is 19.0. The Bertz CT molecular complexity index is 679. The van der Waals surface area contributed by atoms with E-state index in [9.17, 15) is 9.36 Å². The lowest BCUT2D eigenvalue weighted by molar-refractivity contribution is -0.112. The normalized spacial score (nSPS) is 13.3. The molecule has 0 heterocycles. The first-order chi connectivity index (χ1) is 12.3. The van der Waals surface area contributed by atoms with Gasteiger partial charge in [-0.3, -0.25) is 9.36 Å². The molecule has 1 rings (SSSR count). The summed E-state index contributed by atoms with van der Waals surface area (Å²) in [4.78, 5) is 12.3. The van der Waals surface area contributed by atoms with Crippen molar-refractivity contribution in [3.63, 3.8) is 0 Å². The first-order valence-electron chi connectivity index (χ1n) is 9.56. The van der Waals surface area contributed by atoms with E-state index in [4.69, 9.17) is 9.05 Å². The molecule has 152 valence electrons. The number of allylic oxidation sites excluding steroid dienone is 1. The second-order valence-corrected chi connectivity index (χ2v) is 10.8. The van der Waals surface area contributed by atoms with E-state index in [1.54, 1.807) is 19.9 Å². The van der Waals surface area contributed by atoms with Crippen LogP contribution in [0.3, 0.4) is 0 Å². The average molecular weight is 394 g/mol. The number of hydrogen-bond donors (Lipinski definition) is 0. The van der Waals surface area contributed by atoms with Gasteiger partial charge in [-0.1, -0.05) is 65.8 Å². The van der Waals surface area contributed by atoms with Gasteiger partial charge < -0.3 is 9.05 Å². The second kappa shape index (κ2) is 9.32. The molecule has 27 heavy (non-hydrogen) atoms. The van der Waals surface area contributed by atoms with Gasteiger partial charge in [-0.05, 0) is 47.4 Å². The molecule has 0 spiro atoms. The van der Waals surface area contributed by atoms with E-state index in [1.807, 2.05) is 0 Å². The third-order valence-electron chi connectivity index (χ3n) is 4.15. The third kappa shape index (κ3) is 7.73. The van der Waals surface area contributed by atoms with Gasteiger partial charge in [0.1, 0.15) is 6.16 Å². The SMILES string of the molecule is CCOP(=O)(CC(=O)/C=C/c1cc(C(C)(C)C)cc(C(C)(C)C)c1)OCC. The predicted octanol–water partition coefficient (Wildman–Crippen LogP) is 6.13. The molecule has 0 fully saturated rings. The molecule has 1 aromatic carbocycles. The molecule has 0 bridgehead atoms. The van der Waals surface area contributed by atoms with Crippen molar-refractivity contribution in [1.82, 2.24) is 0 Å². The second-order valence-electron chi connectivity index (χ2n) is 8.75. The summed E-state index contributed by atoms with van der Waals surface area (Å²) in [7, 11) is -3.37. The summed E-state index contributed by atoms with van der Waals surface area (Å²) >= 11 is 0. The molecule has 0 aliphatic rings. The van der Waals surface area contributed by atoms with Crippen LogP contribution in [0.5, 0.6) is 0 Å². The quantitative estimate of drug-likeness (QED) is 0.393. The Morgan fingerprint density at radius 1 is 0.926 bits per heavy atom. The van der Waals surface area contributed by atoms with E-state index in [0.717, 1.165) is 5.56 Å². The minimum absolute atomic E-state index is 0.00743. The van der Waals surface area contributed by atoms with Crippen LogP contribution < -0.4 is 0 Å². The fourth-order valence-electron chi connectivity index (χ4n) is 2.57. The molecule has 0 radical (unpaired) electrons. The van der Waals surface area contributed by atoms with Gasteiger partial charge >= 0.3 is 7.60 Å². The van der Waals surface area contributed by atoms with Crippen LogP contribution >= 0.6 is 7.60 Å². The molecule has 0 unspecified atom stereocenters. The van der Waals surface area contributed by atoms with Crippen molar-refractivity contribution in [3.05, 3.63) is 41.0 Å². The Balaban J connectivity index is 3.12. The highest BCUT2D eigenvalue weighted by Crippen LogP contribution is 2.47. The molecular weight excluding hydrogens is 359 g/mol. The third-order valence-corrected chi connectivity index (χ3v) is 6.15. The van der Waals surface area contributed by atoms with Gasteiger partial charge in [-0.2, -0.15) is 0 Å². The highest BCUT2D eigenvalue weighted by Gasteiger charge is 2.26. The van der Waals surface area contributed by atoms with Gasteiger partial charge in [0.2, 0.25) is 0 Å². The zero-order valence-electron chi connectivity index (χ0n) is 18.1. The van der Waals surface area contributed by atoms with Crippen LogP contribution in [0.4, 0.5) is 0 Å². The standard InChI is InChI=1S/C22H35O4P/c1-9-25-27(24,26-10-2)16-20(23)12-11-17-13-18(21(3,4)5)15-19(14-17)22(6,7)8/h11-15H,9-10,16H2,1-8H3/b12-11+. The lowest BCUT2D eigenvalue weighted by Gasteiger charge is -2.25. The van der Waals surface area contributed by atoms with E-state index < -0.39 is 7.60 Å². The maximum atomic E-state index is 12.5. The van der Waals surface area contributed by atoms with Crippen LogP contribution in [0.1, 0.15) is 72.1 Å². The Kier molecular flexibility index (Phi) is 8.22. The van der Waals surface area contributed by atoms with Crippen LogP contribution in [0, 0.1) is 0 Å². The Morgan fingerprint density at radius 3 is 1.74 bits per heavy atom. The van der Waals surface area contributed by atoms with E-state index in [2.05, 4.69) is 59.7 Å². The smallest absolute Gasteiger partial charge is 0.309 e. The van der Waals surface area contributed by atoms with E-state index in [1.165, 1.54) is 17.2 Å². The Hall–Kier alpha value is -1.22. The maximum Gasteiger partial charge on any atom is 0.338 e. The summed E-state index contributed by atoms with van der Waals surface area (Å²) in [5, 5.41) is 0. The summed E-state index contributed by atoms with van der Waals surface area (Å²) in [6.07, 6.45) is 3.02. The van der Waals surface area contributed by atoms with Crippen molar-refractivity contribution in [2.75, 3.05) is 19.4 Å². The lowest BCUT2D eigenvalue weighted by Crippen LogP contribution is -2.16. The minimum atomic E-state index is -3.37. The Labute approximate surface area is 164 Å². The summed E-state index contributed by atoms with van der Waals surface area (Å²) < 4.78 is 22.9. The molecule has 1 aromatic rings. The number of carbonyl (C=O) groups is 1. The maximum absolute atomic E-state index is 12.5. The minimum Gasteiger partial charge on any atom is -0.309 e. The van der Waals surface area contributed by atoms with Crippen LogP contribution in [0.15, 0.2) is 24.3 Å². The van der Waals surface area contributed by atoms with Crippen molar-refractivity contribution in [3.8, 4) is 0 Å².